The van der Waals surface area contributed by atoms with Crippen LogP contribution in [0.25, 0.3) is 0 Å². The molecule has 1 aromatic carbocycles. The maximum absolute atomic E-state index is 13.3. The summed E-state index contributed by atoms with van der Waals surface area (Å²) in [5, 5.41) is 5.70. The molecule has 0 fully saturated rings. The number of halogens is 1. The minimum Gasteiger partial charge on any atom is -0.353 e. The molecule has 118 valence electrons. The van der Waals surface area contributed by atoms with E-state index in [1.54, 1.807) is 18.2 Å². The van der Waals surface area contributed by atoms with Crippen LogP contribution in [0, 0.1) is 5.82 Å². The first kappa shape index (κ1) is 16.2. The molecule has 0 radical (unpaired) electrons. The Balaban J connectivity index is 2.08. The summed E-state index contributed by atoms with van der Waals surface area (Å²) in [6, 6.07) is 5.94. The summed E-state index contributed by atoms with van der Waals surface area (Å²) < 4.78 is 13.3. The van der Waals surface area contributed by atoms with Gasteiger partial charge in [0.25, 0.3) is 0 Å². The lowest BCUT2D eigenvalue weighted by atomic mass is 10.0. The molecule has 2 amide bonds. The van der Waals surface area contributed by atoms with Crippen LogP contribution in [0.3, 0.4) is 0 Å². The SMILES string of the molecule is O=C1/C=C/[C@H](Cc2cccc(F)c2)NC(=O)CCCCCN1. The Bertz CT molecular complexity index is 557. The minimum absolute atomic E-state index is 0.0352. The second-order valence-electron chi connectivity index (χ2n) is 5.47. The Morgan fingerprint density at radius 1 is 1.18 bits per heavy atom. The number of amides is 2. The predicted octanol–water partition coefficient (Wildman–Crippen LogP) is 2.10. The van der Waals surface area contributed by atoms with E-state index in [0.29, 0.717) is 19.4 Å². The van der Waals surface area contributed by atoms with E-state index in [-0.39, 0.29) is 23.7 Å². The van der Waals surface area contributed by atoms with Gasteiger partial charge in [-0.1, -0.05) is 24.6 Å². The monoisotopic (exact) mass is 304 g/mol. The zero-order chi connectivity index (χ0) is 15.8. The van der Waals surface area contributed by atoms with Crippen LogP contribution >= 0.6 is 0 Å². The molecular formula is C17H21FN2O2. The van der Waals surface area contributed by atoms with Crippen molar-refractivity contribution in [1.29, 1.82) is 0 Å². The average molecular weight is 304 g/mol. The van der Waals surface area contributed by atoms with Gasteiger partial charge in [-0.2, -0.15) is 0 Å². The molecule has 1 heterocycles. The molecule has 0 saturated heterocycles. The van der Waals surface area contributed by atoms with E-state index in [1.165, 1.54) is 18.2 Å². The quantitative estimate of drug-likeness (QED) is 0.879. The highest BCUT2D eigenvalue weighted by atomic mass is 19.1. The lowest BCUT2D eigenvalue weighted by Gasteiger charge is -2.16. The van der Waals surface area contributed by atoms with Crippen LogP contribution < -0.4 is 10.6 Å². The van der Waals surface area contributed by atoms with Gasteiger partial charge in [-0.15, -0.1) is 0 Å². The number of rotatable bonds is 2. The van der Waals surface area contributed by atoms with Gasteiger partial charge >= 0.3 is 0 Å². The van der Waals surface area contributed by atoms with E-state index in [4.69, 9.17) is 0 Å². The van der Waals surface area contributed by atoms with Crippen molar-refractivity contribution >= 4 is 11.8 Å². The van der Waals surface area contributed by atoms with Crippen molar-refractivity contribution in [2.24, 2.45) is 0 Å². The van der Waals surface area contributed by atoms with Crippen LogP contribution in [0.5, 0.6) is 0 Å². The Hall–Kier alpha value is -2.17. The summed E-state index contributed by atoms with van der Waals surface area (Å²) in [6.07, 6.45) is 6.62. The second kappa shape index (κ2) is 8.32. The van der Waals surface area contributed by atoms with Gasteiger partial charge in [0.05, 0.1) is 6.04 Å². The van der Waals surface area contributed by atoms with Gasteiger partial charge in [0, 0.05) is 19.0 Å². The standard InChI is InChI=1S/C17H21FN2O2/c18-14-6-4-5-13(11-14)12-15-8-9-16(21)19-10-3-1-2-7-17(22)20-15/h4-6,8-9,11,15H,1-3,7,10,12H2,(H,19,21)(H,20,22)/b9-8+/t15-/m1/s1. The van der Waals surface area contributed by atoms with Gasteiger partial charge in [0.2, 0.25) is 11.8 Å². The van der Waals surface area contributed by atoms with Crippen LogP contribution in [0.4, 0.5) is 4.39 Å². The predicted molar refractivity (Wildman–Crippen MR) is 82.7 cm³/mol. The third-order valence-electron chi connectivity index (χ3n) is 3.55. The van der Waals surface area contributed by atoms with E-state index in [1.807, 2.05) is 0 Å². The molecule has 2 rings (SSSR count). The lowest BCUT2D eigenvalue weighted by Crippen LogP contribution is -2.35. The van der Waals surface area contributed by atoms with E-state index in [0.717, 1.165) is 24.8 Å². The van der Waals surface area contributed by atoms with Gasteiger partial charge < -0.3 is 10.6 Å². The lowest BCUT2D eigenvalue weighted by molar-refractivity contribution is -0.122. The van der Waals surface area contributed by atoms with Gasteiger partial charge in [-0.25, -0.2) is 4.39 Å². The minimum atomic E-state index is -0.320. The first-order valence-corrected chi connectivity index (χ1v) is 7.63. The maximum Gasteiger partial charge on any atom is 0.243 e. The van der Waals surface area contributed by atoms with Crippen molar-refractivity contribution in [3.63, 3.8) is 0 Å². The topological polar surface area (TPSA) is 58.2 Å². The molecule has 1 aliphatic heterocycles. The smallest absolute Gasteiger partial charge is 0.243 e. The van der Waals surface area contributed by atoms with Crippen molar-refractivity contribution in [3.8, 4) is 0 Å². The number of hydrogen-bond acceptors (Lipinski definition) is 2. The van der Waals surface area contributed by atoms with Crippen LogP contribution in [0.1, 0.15) is 31.2 Å². The molecule has 1 aliphatic rings. The number of benzene rings is 1. The molecule has 0 unspecified atom stereocenters. The van der Waals surface area contributed by atoms with Crippen LogP contribution in [0.2, 0.25) is 0 Å². The average Bonchev–Trinajstić information content (AvgIpc) is 2.47. The Morgan fingerprint density at radius 3 is 2.86 bits per heavy atom. The van der Waals surface area contributed by atoms with Crippen molar-refractivity contribution in [2.75, 3.05) is 6.54 Å². The zero-order valence-electron chi connectivity index (χ0n) is 12.5. The highest BCUT2D eigenvalue weighted by Crippen LogP contribution is 2.08. The fourth-order valence-electron chi connectivity index (χ4n) is 2.43. The fraction of sp³-hybridized carbons (Fsp3) is 0.412. The van der Waals surface area contributed by atoms with E-state index in [2.05, 4.69) is 10.6 Å². The molecule has 22 heavy (non-hydrogen) atoms. The summed E-state index contributed by atoms with van der Waals surface area (Å²) in [7, 11) is 0. The molecule has 5 heteroatoms. The molecule has 4 nitrogen and oxygen atoms in total. The van der Waals surface area contributed by atoms with Crippen LogP contribution in [-0.4, -0.2) is 24.4 Å². The summed E-state index contributed by atoms with van der Waals surface area (Å²) in [4.78, 5) is 23.6. The van der Waals surface area contributed by atoms with E-state index in [9.17, 15) is 14.0 Å². The van der Waals surface area contributed by atoms with Gasteiger partial charge in [0.15, 0.2) is 0 Å². The summed E-state index contributed by atoms with van der Waals surface area (Å²) in [6.45, 7) is 0.624. The molecular weight excluding hydrogens is 283 g/mol. The number of nitrogens with one attached hydrogen (secondary N) is 2. The van der Waals surface area contributed by atoms with Crippen molar-refractivity contribution in [2.45, 2.75) is 38.1 Å². The fourth-order valence-corrected chi connectivity index (χ4v) is 2.43. The number of hydrogen-bond donors (Lipinski definition) is 2. The third kappa shape index (κ3) is 5.68. The van der Waals surface area contributed by atoms with Crippen molar-refractivity contribution in [3.05, 3.63) is 47.8 Å². The van der Waals surface area contributed by atoms with Gasteiger partial charge in [-0.3, -0.25) is 9.59 Å². The molecule has 0 spiro atoms. The Labute approximate surface area is 129 Å². The summed E-state index contributed by atoms with van der Waals surface area (Å²) in [5.41, 5.74) is 0.780. The second-order valence-corrected chi connectivity index (χ2v) is 5.47. The maximum atomic E-state index is 13.3. The summed E-state index contributed by atoms with van der Waals surface area (Å²) in [5.74, 6) is -0.509. The first-order valence-electron chi connectivity index (χ1n) is 7.63. The van der Waals surface area contributed by atoms with Crippen LogP contribution in [-0.2, 0) is 16.0 Å². The van der Waals surface area contributed by atoms with E-state index < -0.39 is 0 Å². The van der Waals surface area contributed by atoms with E-state index >= 15 is 0 Å². The Morgan fingerprint density at radius 2 is 2.05 bits per heavy atom. The largest absolute Gasteiger partial charge is 0.353 e. The normalized spacial score (nSPS) is 22.0. The molecule has 0 bridgehead atoms. The third-order valence-corrected chi connectivity index (χ3v) is 3.55. The van der Waals surface area contributed by atoms with Gasteiger partial charge in [0.1, 0.15) is 5.82 Å². The van der Waals surface area contributed by atoms with Crippen LogP contribution in [0.15, 0.2) is 36.4 Å². The zero-order valence-corrected chi connectivity index (χ0v) is 12.5. The van der Waals surface area contributed by atoms with Gasteiger partial charge in [-0.05, 0) is 37.0 Å². The Kier molecular flexibility index (Phi) is 6.13. The highest BCUT2D eigenvalue weighted by molar-refractivity contribution is 5.87. The number of carbonyl (C=O) groups is 2. The molecule has 0 aliphatic carbocycles. The first-order chi connectivity index (χ1) is 10.6. The molecule has 2 N–H and O–H groups in total. The molecule has 0 saturated carbocycles. The molecule has 1 aromatic rings. The highest BCUT2D eigenvalue weighted by Gasteiger charge is 2.12. The molecule has 1 atom stereocenters. The van der Waals surface area contributed by atoms with Crippen molar-refractivity contribution < 1.29 is 14.0 Å². The summed E-state index contributed by atoms with van der Waals surface area (Å²) >= 11 is 0. The number of carbonyl (C=O) groups excluding carboxylic acids is 2. The molecule has 0 aromatic heterocycles. The van der Waals surface area contributed by atoms with Crippen molar-refractivity contribution in [1.82, 2.24) is 10.6 Å².